The van der Waals surface area contributed by atoms with Gasteiger partial charge in [-0.2, -0.15) is 5.10 Å². The summed E-state index contributed by atoms with van der Waals surface area (Å²) in [6, 6.07) is 11.7. The van der Waals surface area contributed by atoms with Gasteiger partial charge in [0.15, 0.2) is 0 Å². The summed E-state index contributed by atoms with van der Waals surface area (Å²) in [6.07, 6.45) is 2.58. The van der Waals surface area contributed by atoms with Crippen molar-refractivity contribution in [2.24, 2.45) is 7.05 Å². The van der Waals surface area contributed by atoms with Gasteiger partial charge < -0.3 is 9.52 Å². The van der Waals surface area contributed by atoms with Crippen LogP contribution in [0, 0.1) is 0 Å². The first kappa shape index (κ1) is 12.0. The predicted molar refractivity (Wildman–Crippen MR) is 72.7 cm³/mol. The lowest BCUT2D eigenvalue weighted by Gasteiger charge is -2.07. The zero-order valence-corrected chi connectivity index (χ0v) is 10.8. The summed E-state index contributed by atoms with van der Waals surface area (Å²) >= 11 is 0. The Morgan fingerprint density at radius 3 is 2.89 bits per heavy atom. The molecule has 0 fully saturated rings. The molecule has 98 valence electrons. The number of hydrogen-bond acceptors (Lipinski definition) is 3. The van der Waals surface area contributed by atoms with Crippen molar-refractivity contribution in [2.75, 3.05) is 0 Å². The van der Waals surface area contributed by atoms with Gasteiger partial charge in [0.05, 0.1) is 0 Å². The number of furan rings is 1. The topological polar surface area (TPSA) is 51.2 Å². The lowest BCUT2D eigenvalue weighted by molar-refractivity contribution is 0.142. The number of hydrogen-bond donors (Lipinski definition) is 1. The van der Waals surface area contributed by atoms with Gasteiger partial charge in [0, 0.05) is 24.3 Å². The van der Waals surface area contributed by atoms with Crippen LogP contribution in [0.1, 0.15) is 24.0 Å². The number of rotatable bonds is 4. The Kier molecular flexibility index (Phi) is 3.09. The van der Waals surface area contributed by atoms with Gasteiger partial charge in [-0.3, -0.25) is 4.68 Å². The fraction of sp³-hybridized carbons (Fsp3) is 0.267. The smallest absolute Gasteiger partial charge is 0.134 e. The van der Waals surface area contributed by atoms with Gasteiger partial charge in [0.25, 0.3) is 0 Å². The van der Waals surface area contributed by atoms with Gasteiger partial charge in [-0.15, -0.1) is 0 Å². The van der Waals surface area contributed by atoms with E-state index in [1.165, 1.54) is 0 Å². The van der Waals surface area contributed by atoms with Crippen LogP contribution in [0.2, 0.25) is 0 Å². The monoisotopic (exact) mass is 256 g/mol. The molecule has 0 spiro atoms. The maximum absolute atomic E-state index is 10.2. The van der Waals surface area contributed by atoms with E-state index in [9.17, 15) is 5.11 Å². The summed E-state index contributed by atoms with van der Waals surface area (Å²) < 4.78 is 7.48. The third kappa shape index (κ3) is 2.39. The van der Waals surface area contributed by atoms with Crippen molar-refractivity contribution < 1.29 is 9.52 Å². The van der Waals surface area contributed by atoms with Crippen molar-refractivity contribution >= 4 is 11.0 Å². The molecule has 4 nitrogen and oxygen atoms in total. The first-order valence-electron chi connectivity index (χ1n) is 6.37. The number of nitrogens with zero attached hydrogens (tertiary/aromatic N) is 2. The first-order chi connectivity index (χ1) is 9.24. The molecule has 4 heteroatoms. The number of aromatic nitrogens is 2. The van der Waals surface area contributed by atoms with Crippen molar-refractivity contribution in [3.63, 3.8) is 0 Å². The van der Waals surface area contributed by atoms with Crippen molar-refractivity contribution in [3.8, 4) is 0 Å². The molecule has 0 bridgehead atoms. The molecule has 0 aliphatic rings. The number of aryl methyl sites for hydroxylation is 2. The quantitative estimate of drug-likeness (QED) is 0.781. The summed E-state index contributed by atoms with van der Waals surface area (Å²) in [5.74, 6) is 0.628. The van der Waals surface area contributed by atoms with Gasteiger partial charge in [-0.05, 0) is 31.0 Å². The van der Waals surface area contributed by atoms with Crippen molar-refractivity contribution in [1.29, 1.82) is 0 Å². The average Bonchev–Trinajstić information content (AvgIpc) is 3.01. The van der Waals surface area contributed by atoms with E-state index >= 15 is 0 Å². The van der Waals surface area contributed by atoms with Crippen LogP contribution < -0.4 is 0 Å². The van der Waals surface area contributed by atoms with E-state index in [1.54, 1.807) is 6.20 Å². The molecule has 0 saturated carbocycles. The SMILES string of the molecule is Cn1nccc1CCC(O)c1cc2ccccc2o1. The van der Waals surface area contributed by atoms with Crippen molar-refractivity contribution in [2.45, 2.75) is 18.9 Å². The van der Waals surface area contributed by atoms with E-state index in [1.807, 2.05) is 48.1 Å². The molecule has 1 N–H and O–H groups in total. The molecule has 3 aromatic rings. The predicted octanol–water partition coefficient (Wildman–Crippen LogP) is 2.83. The highest BCUT2D eigenvalue weighted by molar-refractivity contribution is 5.77. The lowest BCUT2D eigenvalue weighted by Crippen LogP contribution is -2.02. The molecule has 0 radical (unpaired) electrons. The van der Waals surface area contributed by atoms with E-state index in [0.29, 0.717) is 12.2 Å². The summed E-state index contributed by atoms with van der Waals surface area (Å²) in [5, 5.41) is 15.3. The highest BCUT2D eigenvalue weighted by Crippen LogP contribution is 2.26. The molecule has 0 aliphatic carbocycles. The van der Waals surface area contributed by atoms with Crippen LogP contribution in [0.5, 0.6) is 0 Å². The molecule has 1 unspecified atom stereocenters. The zero-order valence-electron chi connectivity index (χ0n) is 10.8. The largest absolute Gasteiger partial charge is 0.458 e. The molecule has 2 heterocycles. The summed E-state index contributed by atoms with van der Waals surface area (Å²) in [5.41, 5.74) is 1.92. The van der Waals surface area contributed by atoms with Gasteiger partial charge in [0.1, 0.15) is 17.4 Å². The molecule has 1 aromatic carbocycles. The number of benzene rings is 1. The highest BCUT2D eigenvalue weighted by atomic mass is 16.4. The number of para-hydroxylation sites is 1. The summed E-state index contributed by atoms with van der Waals surface area (Å²) in [4.78, 5) is 0. The maximum Gasteiger partial charge on any atom is 0.134 e. The Labute approximate surface area is 111 Å². The fourth-order valence-electron chi connectivity index (χ4n) is 2.24. The van der Waals surface area contributed by atoms with Gasteiger partial charge in [-0.25, -0.2) is 0 Å². The second-order valence-corrected chi connectivity index (χ2v) is 4.69. The minimum absolute atomic E-state index is 0.581. The van der Waals surface area contributed by atoms with E-state index in [2.05, 4.69) is 5.10 Å². The third-order valence-electron chi connectivity index (χ3n) is 3.37. The Balaban J connectivity index is 1.73. The van der Waals surface area contributed by atoms with Crippen LogP contribution in [-0.2, 0) is 13.5 Å². The fourth-order valence-corrected chi connectivity index (χ4v) is 2.24. The molecular formula is C15H16N2O2. The number of fused-ring (bicyclic) bond motifs is 1. The van der Waals surface area contributed by atoms with E-state index in [4.69, 9.17) is 4.42 Å². The molecule has 19 heavy (non-hydrogen) atoms. The minimum atomic E-state index is -0.581. The molecule has 3 rings (SSSR count). The summed E-state index contributed by atoms with van der Waals surface area (Å²) in [6.45, 7) is 0. The van der Waals surface area contributed by atoms with Crippen molar-refractivity contribution in [1.82, 2.24) is 9.78 Å². The second-order valence-electron chi connectivity index (χ2n) is 4.69. The standard InChI is InChI=1S/C15H16N2O2/c1-17-12(8-9-16-17)6-7-13(18)15-10-11-4-2-3-5-14(11)19-15/h2-5,8-10,13,18H,6-7H2,1H3. The first-order valence-corrected chi connectivity index (χ1v) is 6.37. The molecule has 2 aromatic heterocycles. The number of aliphatic hydroxyl groups is 1. The van der Waals surface area contributed by atoms with Gasteiger partial charge in [-0.1, -0.05) is 18.2 Å². The molecule has 0 amide bonds. The van der Waals surface area contributed by atoms with Gasteiger partial charge in [0.2, 0.25) is 0 Å². The molecule has 1 atom stereocenters. The van der Waals surface area contributed by atoms with Crippen LogP contribution in [0.15, 0.2) is 47.0 Å². The van der Waals surface area contributed by atoms with Crippen LogP contribution in [0.4, 0.5) is 0 Å². The van der Waals surface area contributed by atoms with Gasteiger partial charge >= 0.3 is 0 Å². The minimum Gasteiger partial charge on any atom is -0.458 e. The summed E-state index contributed by atoms with van der Waals surface area (Å²) in [7, 11) is 1.91. The average molecular weight is 256 g/mol. The third-order valence-corrected chi connectivity index (χ3v) is 3.37. The van der Waals surface area contributed by atoms with E-state index < -0.39 is 6.10 Å². The zero-order chi connectivity index (χ0) is 13.2. The Morgan fingerprint density at radius 1 is 1.32 bits per heavy atom. The van der Waals surface area contributed by atoms with Crippen LogP contribution in [0.25, 0.3) is 11.0 Å². The van der Waals surface area contributed by atoms with Crippen LogP contribution in [0.3, 0.4) is 0 Å². The van der Waals surface area contributed by atoms with E-state index in [0.717, 1.165) is 23.1 Å². The molecule has 0 aliphatic heterocycles. The molecule has 0 saturated heterocycles. The Hall–Kier alpha value is -2.07. The Bertz CT molecular complexity index is 651. The van der Waals surface area contributed by atoms with E-state index in [-0.39, 0.29) is 0 Å². The normalized spacial score (nSPS) is 12.9. The Morgan fingerprint density at radius 2 is 2.16 bits per heavy atom. The lowest BCUT2D eigenvalue weighted by atomic mass is 10.1. The molecular weight excluding hydrogens is 240 g/mol. The highest BCUT2D eigenvalue weighted by Gasteiger charge is 2.14. The maximum atomic E-state index is 10.2. The number of aliphatic hydroxyl groups excluding tert-OH is 1. The van der Waals surface area contributed by atoms with Crippen molar-refractivity contribution in [3.05, 3.63) is 54.0 Å². The second kappa shape index (κ2) is 4.90. The van der Waals surface area contributed by atoms with Crippen LogP contribution in [-0.4, -0.2) is 14.9 Å². The van der Waals surface area contributed by atoms with Crippen LogP contribution >= 0.6 is 0 Å².